The van der Waals surface area contributed by atoms with Crippen molar-refractivity contribution < 1.29 is 28.4 Å². The van der Waals surface area contributed by atoms with Crippen LogP contribution in [0.15, 0.2) is 16.0 Å². The van der Waals surface area contributed by atoms with Gasteiger partial charge in [0.1, 0.15) is 11.7 Å². The average molecular weight is 465 g/mol. The van der Waals surface area contributed by atoms with Crippen molar-refractivity contribution in [3.05, 3.63) is 22.1 Å². The Morgan fingerprint density at radius 3 is 2.66 bits per heavy atom. The van der Waals surface area contributed by atoms with E-state index in [4.69, 9.17) is 14.0 Å². The van der Waals surface area contributed by atoms with Gasteiger partial charge in [0.15, 0.2) is 11.5 Å². The second kappa shape index (κ2) is 10.6. The summed E-state index contributed by atoms with van der Waals surface area (Å²) in [6.45, 7) is 6.83. The Morgan fingerprint density at radius 2 is 2.03 bits per heavy atom. The van der Waals surface area contributed by atoms with Crippen molar-refractivity contribution in [2.75, 3.05) is 26.8 Å². The predicted molar refractivity (Wildman–Crippen MR) is 116 cm³/mol. The number of ether oxygens (including phenoxy) is 2. The number of likely N-dealkylation sites (tertiary alicyclic amines) is 1. The molecule has 1 aliphatic rings. The van der Waals surface area contributed by atoms with Gasteiger partial charge in [-0.1, -0.05) is 19.0 Å². The second-order valence-corrected chi connectivity index (χ2v) is 8.71. The van der Waals surface area contributed by atoms with Gasteiger partial charge in [0.05, 0.1) is 18.7 Å². The van der Waals surface area contributed by atoms with Gasteiger partial charge in [-0.15, -0.1) is 11.3 Å². The number of carbonyl (C=O) groups is 3. The number of nitrogens with zero attached hydrogens (tertiary/aromatic N) is 3. The summed E-state index contributed by atoms with van der Waals surface area (Å²) in [6.07, 6.45) is 1.52. The zero-order chi connectivity index (χ0) is 23.3. The predicted octanol–water partition coefficient (Wildman–Crippen LogP) is 3.06. The molecule has 32 heavy (non-hydrogen) atoms. The van der Waals surface area contributed by atoms with Crippen LogP contribution < -0.4 is 5.32 Å². The Balaban J connectivity index is 1.57. The lowest BCUT2D eigenvalue weighted by atomic mass is 9.97. The minimum atomic E-state index is -0.673. The summed E-state index contributed by atoms with van der Waals surface area (Å²) in [5.41, 5.74) is 0.730. The molecule has 2 aromatic rings. The summed E-state index contributed by atoms with van der Waals surface area (Å²) >= 11 is 1.51. The molecule has 0 aromatic carbocycles. The van der Waals surface area contributed by atoms with Crippen molar-refractivity contribution >= 4 is 29.3 Å². The zero-order valence-corrected chi connectivity index (χ0v) is 19.4. The van der Waals surface area contributed by atoms with Gasteiger partial charge in [-0.05, 0) is 25.7 Å². The Bertz CT molecular complexity index is 948. The lowest BCUT2D eigenvalue weighted by Crippen LogP contribution is -2.52. The van der Waals surface area contributed by atoms with Gasteiger partial charge in [0.2, 0.25) is 0 Å². The van der Waals surface area contributed by atoms with Gasteiger partial charge in [0, 0.05) is 30.5 Å². The molecule has 11 heteroatoms. The third-order valence-corrected chi connectivity index (χ3v) is 6.31. The van der Waals surface area contributed by atoms with Crippen LogP contribution >= 0.6 is 11.3 Å². The van der Waals surface area contributed by atoms with Crippen LogP contribution in [0, 0.1) is 5.92 Å². The molecule has 1 fully saturated rings. The van der Waals surface area contributed by atoms with E-state index >= 15 is 0 Å². The maximum absolute atomic E-state index is 12.6. The molecule has 2 aromatic heterocycles. The number of amides is 2. The van der Waals surface area contributed by atoms with Crippen molar-refractivity contribution in [2.24, 2.45) is 5.92 Å². The van der Waals surface area contributed by atoms with E-state index in [0.29, 0.717) is 24.5 Å². The van der Waals surface area contributed by atoms with E-state index in [1.165, 1.54) is 24.5 Å². The third-order valence-electron chi connectivity index (χ3n) is 5.30. The van der Waals surface area contributed by atoms with E-state index in [1.807, 2.05) is 19.2 Å². The molecule has 3 rings (SSSR count). The second-order valence-electron chi connectivity index (χ2n) is 7.82. The van der Waals surface area contributed by atoms with Crippen LogP contribution in [0.25, 0.3) is 11.5 Å². The molecule has 0 spiro atoms. The Hall–Kier alpha value is -2.95. The van der Waals surface area contributed by atoms with Crippen LogP contribution in [-0.2, 0) is 14.3 Å². The molecule has 1 unspecified atom stereocenters. The molecule has 1 saturated heterocycles. The van der Waals surface area contributed by atoms with Crippen molar-refractivity contribution in [3.8, 4) is 11.5 Å². The SMILES string of the molecule is CCOC(=O)c1cc(-c2csc(C3CCN(C(=O)NC(C(=O)OC)C(C)C)CC3)n2)on1. The summed E-state index contributed by atoms with van der Waals surface area (Å²) in [5, 5.41) is 9.34. The van der Waals surface area contributed by atoms with Crippen molar-refractivity contribution in [1.29, 1.82) is 0 Å². The van der Waals surface area contributed by atoms with Gasteiger partial charge < -0.3 is 24.2 Å². The quantitative estimate of drug-likeness (QED) is 0.620. The van der Waals surface area contributed by atoms with Crippen LogP contribution in [0.4, 0.5) is 4.79 Å². The van der Waals surface area contributed by atoms with E-state index in [-0.39, 0.29) is 30.2 Å². The first-order valence-electron chi connectivity index (χ1n) is 10.6. The molecular formula is C21H28N4O6S. The number of esters is 2. The number of nitrogens with one attached hydrogen (secondary N) is 1. The summed E-state index contributed by atoms with van der Waals surface area (Å²) in [6, 6.07) is 0.588. The normalized spacial score (nSPS) is 15.5. The van der Waals surface area contributed by atoms with Crippen LogP contribution in [0.3, 0.4) is 0 Å². The fourth-order valence-electron chi connectivity index (χ4n) is 3.46. The molecule has 1 N–H and O–H groups in total. The zero-order valence-electron chi connectivity index (χ0n) is 18.6. The minimum absolute atomic E-state index is 0.0712. The van der Waals surface area contributed by atoms with Crippen molar-refractivity contribution in [1.82, 2.24) is 20.4 Å². The highest BCUT2D eigenvalue weighted by atomic mass is 32.1. The van der Waals surface area contributed by atoms with E-state index in [1.54, 1.807) is 11.8 Å². The standard InChI is InChI=1S/C21H28N4O6S/c1-5-30-19(26)14-10-16(31-24-14)15-11-32-18(22-15)13-6-8-25(9-7-13)21(28)23-17(12(2)3)20(27)29-4/h10-13,17H,5-9H2,1-4H3,(H,23,28). The first-order valence-corrected chi connectivity index (χ1v) is 11.4. The largest absolute Gasteiger partial charge is 0.467 e. The minimum Gasteiger partial charge on any atom is -0.467 e. The van der Waals surface area contributed by atoms with Crippen LogP contribution in [0.5, 0.6) is 0 Å². The Labute approximate surface area is 190 Å². The molecule has 2 amide bonds. The molecule has 10 nitrogen and oxygen atoms in total. The summed E-state index contributed by atoms with van der Waals surface area (Å²) in [5.74, 6) is -0.424. The fourth-order valence-corrected chi connectivity index (χ4v) is 4.44. The molecular weight excluding hydrogens is 436 g/mol. The molecule has 1 aliphatic heterocycles. The number of urea groups is 1. The summed E-state index contributed by atoms with van der Waals surface area (Å²) in [4.78, 5) is 42.6. The highest BCUT2D eigenvalue weighted by Gasteiger charge is 2.30. The Kier molecular flexibility index (Phi) is 7.84. The topological polar surface area (TPSA) is 124 Å². The number of carbonyl (C=O) groups excluding carboxylic acids is 3. The lowest BCUT2D eigenvalue weighted by molar-refractivity contribution is -0.144. The number of methoxy groups -OCH3 is 1. The van der Waals surface area contributed by atoms with Crippen LogP contribution in [-0.4, -0.2) is 65.9 Å². The number of aromatic nitrogens is 2. The van der Waals surface area contributed by atoms with Gasteiger partial charge in [-0.2, -0.15) is 0 Å². The van der Waals surface area contributed by atoms with Gasteiger partial charge in [0.25, 0.3) is 0 Å². The number of thiazole rings is 1. The van der Waals surface area contributed by atoms with Crippen LogP contribution in [0.2, 0.25) is 0 Å². The highest BCUT2D eigenvalue weighted by Crippen LogP contribution is 2.33. The molecule has 0 aliphatic carbocycles. The van der Waals surface area contributed by atoms with E-state index in [0.717, 1.165) is 17.8 Å². The number of hydrogen-bond donors (Lipinski definition) is 1. The van der Waals surface area contributed by atoms with E-state index in [9.17, 15) is 14.4 Å². The molecule has 1 atom stereocenters. The number of rotatable bonds is 7. The lowest BCUT2D eigenvalue weighted by Gasteiger charge is -2.32. The summed E-state index contributed by atoms with van der Waals surface area (Å²) < 4.78 is 15.0. The van der Waals surface area contributed by atoms with Crippen molar-refractivity contribution in [3.63, 3.8) is 0 Å². The highest BCUT2D eigenvalue weighted by molar-refractivity contribution is 7.10. The molecule has 0 saturated carbocycles. The molecule has 3 heterocycles. The Morgan fingerprint density at radius 1 is 1.31 bits per heavy atom. The van der Waals surface area contributed by atoms with Gasteiger partial charge in [-0.25, -0.2) is 19.4 Å². The van der Waals surface area contributed by atoms with Crippen LogP contribution in [0.1, 0.15) is 55.0 Å². The fraction of sp³-hybridized carbons (Fsp3) is 0.571. The number of piperidine rings is 1. The maximum Gasteiger partial charge on any atom is 0.360 e. The maximum atomic E-state index is 12.6. The first kappa shape index (κ1) is 23.7. The summed E-state index contributed by atoms with van der Waals surface area (Å²) in [7, 11) is 1.31. The molecule has 0 bridgehead atoms. The monoisotopic (exact) mass is 464 g/mol. The van der Waals surface area contributed by atoms with Crippen molar-refractivity contribution in [2.45, 2.75) is 45.6 Å². The average Bonchev–Trinajstić information content (AvgIpc) is 3.46. The van der Waals surface area contributed by atoms with Gasteiger partial charge >= 0.3 is 18.0 Å². The van der Waals surface area contributed by atoms with E-state index < -0.39 is 18.0 Å². The molecule has 174 valence electrons. The molecule has 0 radical (unpaired) electrons. The smallest absolute Gasteiger partial charge is 0.360 e. The number of hydrogen-bond acceptors (Lipinski definition) is 9. The van der Waals surface area contributed by atoms with Gasteiger partial charge in [-0.3, -0.25) is 0 Å². The first-order chi connectivity index (χ1) is 15.3. The third kappa shape index (κ3) is 5.45. The van der Waals surface area contributed by atoms with E-state index in [2.05, 4.69) is 15.5 Å².